The monoisotopic (exact) mass is 822 g/mol. The first-order valence-electron chi connectivity index (χ1n) is 15.7. The van der Waals surface area contributed by atoms with Crippen molar-refractivity contribution in [1.29, 1.82) is 0 Å². The molecule has 0 rings (SSSR count). The predicted molar refractivity (Wildman–Crippen MR) is 204 cm³/mol. The van der Waals surface area contributed by atoms with E-state index in [1.165, 1.54) is 75.6 Å². The highest BCUT2D eigenvalue weighted by Crippen LogP contribution is 2.47. The highest BCUT2D eigenvalue weighted by atomic mass is 127. The van der Waals surface area contributed by atoms with E-state index < -0.39 is 32.4 Å². The Balaban J connectivity index is -0.000000120. The van der Waals surface area contributed by atoms with Crippen molar-refractivity contribution >= 4 is 58.3 Å². The van der Waals surface area contributed by atoms with Crippen molar-refractivity contribution in [2.75, 3.05) is 36.7 Å². The van der Waals surface area contributed by atoms with Crippen molar-refractivity contribution < 1.29 is 41.5 Å². The molecule has 0 aromatic heterocycles. The number of rotatable bonds is 16. The average molecular weight is 823 g/mol. The molecule has 0 aromatic rings. The smallest absolute Gasteiger partial charge is 0.472 e. The number of halogens is 2. The number of unbranched alkanes of at least 4 members (excludes halogenated alkanes) is 3. The minimum atomic E-state index is -4.19. The Labute approximate surface area is 301 Å². The van der Waals surface area contributed by atoms with Crippen LogP contribution in [0.2, 0.25) is 0 Å². The topological polar surface area (TPSA) is 114 Å². The van der Waals surface area contributed by atoms with E-state index in [1.54, 1.807) is 69.2 Å². The number of nitrogens with zero attached hydrogens (tertiary/aromatic N) is 1. The maximum absolute atomic E-state index is 11.2. The molecule has 1 N–H and O–H groups in total. The van der Waals surface area contributed by atoms with E-state index >= 15 is 0 Å². The standard InChI is InChI=1S/C15H34N.C8H19O4P.C6H15O4P.CH2ClI.CH4.B/c1-5-9-13-16(12-8-4,14-10-6-2)15-11-7-3;1-7(2,3)11-13(9,10)12-8(4,5)6;1-5-9-11(7,8)10-6(2,3)4;2-1-3;;/h5-15H2,1-4H3;1-6H3,(H,9,10);5H2,1-4H3,(H,7,8);1H2;1H4;/q+1;;;;;/p-1. The van der Waals surface area contributed by atoms with Crippen molar-refractivity contribution in [3.05, 3.63) is 0 Å². The van der Waals surface area contributed by atoms with Crippen molar-refractivity contribution in [3.8, 4) is 0 Å². The first kappa shape index (κ1) is 58.5. The first-order valence-corrected chi connectivity index (χ1v) is 20.7. The molecule has 0 aromatic carbocycles. The Morgan fingerprint density at radius 1 is 0.689 bits per heavy atom. The molecule has 0 heterocycles. The number of quaternary nitrogens is 1. The Morgan fingerprint density at radius 2 is 0.978 bits per heavy atom. The fourth-order valence-electron chi connectivity index (χ4n) is 3.85. The molecule has 0 aliphatic heterocycles. The lowest BCUT2D eigenvalue weighted by atomic mass is 10.1. The summed E-state index contributed by atoms with van der Waals surface area (Å²) >= 11 is 7.04. The summed E-state index contributed by atoms with van der Waals surface area (Å²) in [5.41, 5.74) is -2.15. The second-order valence-corrected chi connectivity index (χ2v) is 17.9. The fourth-order valence-corrected chi connectivity index (χ4v) is 6.30. The molecule has 0 aliphatic carbocycles. The van der Waals surface area contributed by atoms with E-state index in [0.29, 0.717) is 3.89 Å². The Bertz CT molecular complexity index is 707. The molecule has 0 amide bonds. The van der Waals surface area contributed by atoms with E-state index in [4.69, 9.17) is 30.1 Å². The van der Waals surface area contributed by atoms with Gasteiger partial charge in [-0.15, -0.1) is 11.6 Å². The third-order valence-corrected chi connectivity index (χ3v) is 8.01. The lowest BCUT2D eigenvalue weighted by molar-refractivity contribution is -0.928. The van der Waals surface area contributed by atoms with Gasteiger partial charge in [-0.25, -0.2) is 4.57 Å². The summed E-state index contributed by atoms with van der Waals surface area (Å²) in [6, 6.07) is 0. The summed E-state index contributed by atoms with van der Waals surface area (Å²) in [7, 11) is -8.00. The minimum Gasteiger partial charge on any atom is -0.756 e. The van der Waals surface area contributed by atoms with Crippen LogP contribution < -0.4 is 4.89 Å². The zero-order valence-electron chi connectivity index (χ0n) is 30.7. The van der Waals surface area contributed by atoms with Crippen LogP contribution in [0.1, 0.15) is 149 Å². The van der Waals surface area contributed by atoms with E-state index in [9.17, 15) is 14.0 Å². The molecule has 1 atom stereocenters. The van der Waals surface area contributed by atoms with Gasteiger partial charge in [0.05, 0.1) is 53.5 Å². The van der Waals surface area contributed by atoms with Gasteiger partial charge in [-0.05, 0) is 94.9 Å². The van der Waals surface area contributed by atoms with Crippen molar-refractivity contribution in [3.63, 3.8) is 0 Å². The van der Waals surface area contributed by atoms with Crippen molar-refractivity contribution in [2.24, 2.45) is 0 Å². The molecule has 0 saturated heterocycles. The molecule has 0 bridgehead atoms. The van der Waals surface area contributed by atoms with Crippen LogP contribution in [0.4, 0.5) is 0 Å². The van der Waals surface area contributed by atoms with Gasteiger partial charge in [-0.3, -0.25) is 13.6 Å². The van der Waals surface area contributed by atoms with E-state index in [-0.39, 0.29) is 22.4 Å². The quantitative estimate of drug-likeness (QED) is 0.0538. The summed E-state index contributed by atoms with van der Waals surface area (Å²) in [5.74, 6) is 0. The Morgan fingerprint density at radius 3 is 1.18 bits per heavy atom. The molecule has 14 heteroatoms. The average Bonchev–Trinajstić information content (AvgIpc) is 2.76. The number of hydrogen-bond donors (Lipinski definition) is 1. The molecule has 0 aliphatic rings. The van der Waals surface area contributed by atoms with Crippen LogP contribution in [0.15, 0.2) is 0 Å². The fraction of sp³-hybridized carbons (Fsp3) is 1.00. The molecule has 45 heavy (non-hydrogen) atoms. The number of alkyl halides is 2. The zero-order chi connectivity index (χ0) is 35.0. The highest BCUT2D eigenvalue weighted by Gasteiger charge is 2.28. The van der Waals surface area contributed by atoms with Crippen molar-refractivity contribution in [1.82, 2.24) is 0 Å². The number of hydrogen-bond acceptors (Lipinski definition) is 7. The highest BCUT2D eigenvalue weighted by molar-refractivity contribution is 14.1. The molecule has 0 spiro atoms. The molecular formula is C31H73BClINO8P2. The summed E-state index contributed by atoms with van der Waals surface area (Å²) in [4.78, 5) is 20.2. The van der Waals surface area contributed by atoms with Crippen LogP contribution in [0.25, 0.3) is 0 Å². The normalized spacial score (nSPS) is 13.3. The zero-order valence-corrected chi connectivity index (χ0v) is 35.4. The molecule has 0 saturated carbocycles. The summed E-state index contributed by atoms with van der Waals surface area (Å²) in [6.45, 7) is 31.8. The molecule has 0 fully saturated rings. The maximum atomic E-state index is 11.2. The molecule has 3 radical (unpaired) electrons. The molecular weight excluding hydrogens is 749 g/mol. The van der Waals surface area contributed by atoms with Gasteiger partial charge in [0, 0.05) is 8.41 Å². The van der Waals surface area contributed by atoms with Crippen molar-refractivity contribution in [2.45, 2.75) is 166 Å². The lowest BCUT2D eigenvalue weighted by Gasteiger charge is -2.39. The number of phosphoric acid groups is 2. The minimum absolute atomic E-state index is 0. The van der Waals surface area contributed by atoms with Crippen LogP contribution in [-0.4, -0.2) is 71.3 Å². The molecule has 1 unspecified atom stereocenters. The maximum Gasteiger partial charge on any atom is 0.472 e. The Kier molecular flexibility index (Phi) is 39.1. The van der Waals surface area contributed by atoms with Gasteiger partial charge in [-0.2, -0.15) is 0 Å². The SMILES string of the molecule is C.CC(C)(C)OP(=O)([O-])OC(C)(C)C.CCCC[N+](CCC)(CCCC)CCCC.CCOP(=O)(O)OC(C)(C)C.ClCI.[B]. The summed E-state index contributed by atoms with van der Waals surface area (Å²) in [5, 5.41) is 0. The van der Waals surface area contributed by atoms with Gasteiger partial charge in [0.2, 0.25) is 0 Å². The molecule has 277 valence electrons. The van der Waals surface area contributed by atoms with Crippen LogP contribution in [0.5, 0.6) is 0 Å². The van der Waals surface area contributed by atoms with Gasteiger partial charge >= 0.3 is 7.82 Å². The van der Waals surface area contributed by atoms with E-state index in [1.807, 2.05) is 0 Å². The van der Waals surface area contributed by atoms with Gasteiger partial charge in [0.1, 0.15) is 0 Å². The predicted octanol–water partition coefficient (Wildman–Crippen LogP) is 10.5. The number of phosphoric ester groups is 2. The third-order valence-electron chi connectivity index (χ3n) is 5.11. The largest absolute Gasteiger partial charge is 0.756 e. The second-order valence-electron chi connectivity index (χ2n) is 13.3. The van der Waals surface area contributed by atoms with E-state index in [2.05, 4.69) is 54.8 Å². The van der Waals surface area contributed by atoms with Crippen LogP contribution in [0.3, 0.4) is 0 Å². The lowest BCUT2D eigenvalue weighted by Crippen LogP contribution is -2.50. The van der Waals surface area contributed by atoms with Gasteiger partial charge in [0.25, 0.3) is 7.82 Å². The summed E-state index contributed by atoms with van der Waals surface area (Å²) in [6.07, 6.45) is 9.62. The summed E-state index contributed by atoms with van der Waals surface area (Å²) < 4.78 is 43.1. The van der Waals surface area contributed by atoms with Crippen LogP contribution in [-0.2, 0) is 27.2 Å². The van der Waals surface area contributed by atoms with Crippen LogP contribution >= 0.6 is 49.8 Å². The van der Waals surface area contributed by atoms with Gasteiger partial charge in [0.15, 0.2) is 0 Å². The van der Waals surface area contributed by atoms with Gasteiger partial charge in [-0.1, -0.05) is 77.0 Å². The first-order chi connectivity index (χ1) is 19.3. The van der Waals surface area contributed by atoms with Gasteiger partial charge < -0.3 is 23.3 Å². The van der Waals surface area contributed by atoms with Crippen LogP contribution in [0, 0.1) is 0 Å². The third kappa shape index (κ3) is 47.4. The Hall–Kier alpha value is 1.26. The second kappa shape index (κ2) is 30.1. The van der Waals surface area contributed by atoms with E-state index in [0.717, 1.165) is 0 Å². The molecule has 9 nitrogen and oxygen atoms in total.